The largest absolute Gasteiger partial charge is 0.494 e. The summed E-state index contributed by atoms with van der Waals surface area (Å²) in [6, 6.07) is 16.6. The summed E-state index contributed by atoms with van der Waals surface area (Å²) in [7, 11) is 2.12. The van der Waals surface area contributed by atoms with Gasteiger partial charge in [0.1, 0.15) is 11.8 Å². The van der Waals surface area contributed by atoms with E-state index in [2.05, 4.69) is 36.6 Å². The number of carbonyl (C=O) groups excluding carboxylic acids is 1. The smallest absolute Gasteiger partial charge is 0.279 e. The first-order chi connectivity index (χ1) is 12.2. The second kappa shape index (κ2) is 8.17. The van der Waals surface area contributed by atoms with E-state index in [1.807, 2.05) is 31.2 Å². The van der Waals surface area contributed by atoms with Crippen molar-refractivity contribution >= 4 is 11.6 Å². The lowest BCUT2D eigenvalue weighted by molar-refractivity contribution is -0.905. The first-order valence-corrected chi connectivity index (χ1v) is 9.10. The molecule has 2 aromatic carbocycles. The van der Waals surface area contributed by atoms with Crippen LogP contribution in [-0.4, -0.2) is 26.1 Å². The number of hydrogen-bond acceptors (Lipinski definition) is 2. The van der Waals surface area contributed by atoms with Gasteiger partial charge in [0, 0.05) is 17.7 Å². The van der Waals surface area contributed by atoms with Crippen LogP contribution < -0.4 is 15.0 Å². The van der Waals surface area contributed by atoms with Crippen molar-refractivity contribution in [3.63, 3.8) is 0 Å². The van der Waals surface area contributed by atoms with Crippen molar-refractivity contribution in [2.75, 3.05) is 25.5 Å². The van der Waals surface area contributed by atoms with Gasteiger partial charge in [-0.1, -0.05) is 24.3 Å². The molecule has 4 nitrogen and oxygen atoms in total. The van der Waals surface area contributed by atoms with Gasteiger partial charge in [0.2, 0.25) is 0 Å². The van der Waals surface area contributed by atoms with Crippen LogP contribution in [0.1, 0.15) is 36.9 Å². The van der Waals surface area contributed by atoms with Gasteiger partial charge in [0.25, 0.3) is 5.91 Å². The topological polar surface area (TPSA) is 42.8 Å². The SMILES string of the molecule is CCOc1ccc(NC(=O)C[NH+](C)[C@H]2CCCc3ccccc32)cc1. The van der Waals surface area contributed by atoms with Crippen LogP contribution in [0.2, 0.25) is 0 Å². The lowest BCUT2D eigenvalue weighted by Gasteiger charge is -2.30. The van der Waals surface area contributed by atoms with E-state index in [1.54, 1.807) is 0 Å². The molecule has 0 fully saturated rings. The molecule has 0 saturated carbocycles. The van der Waals surface area contributed by atoms with Crippen molar-refractivity contribution in [3.05, 3.63) is 59.7 Å². The molecule has 1 aliphatic carbocycles. The monoisotopic (exact) mass is 339 g/mol. The molecule has 132 valence electrons. The average Bonchev–Trinajstić information content (AvgIpc) is 2.63. The molecule has 0 heterocycles. The number of rotatable bonds is 6. The summed E-state index contributed by atoms with van der Waals surface area (Å²) in [5.74, 6) is 0.867. The van der Waals surface area contributed by atoms with Gasteiger partial charge >= 0.3 is 0 Å². The highest BCUT2D eigenvalue weighted by molar-refractivity contribution is 5.91. The highest BCUT2D eigenvalue weighted by Crippen LogP contribution is 2.27. The molecule has 0 spiro atoms. The van der Waals surface area contributed by atoms with Crippen LogP contribution in [0.5, 0.6) is 5.75 Å². The van der Waals surface area contributed by atoms with E-state index < -0.39 is 0 Å². The van der Waals surface area contributed by atoms with Crippen molar-refractivity contribution < 1.29 is 14.4 Å². The highest BCUT2D eigenvalue weighted by atomic mass is 16.5. The van der Waals surface area contributed by atoms with Crippen LogP contribution in [0, 0.1) is 0 Å². The predicted molar refractivity (Wildman–Crippen MR) is 100 cm³/mol. The quantitative estimate of drug-likeness (QED) is 0.850. The Balaban J connectivity index is 1.59. The first-order valence-electron chi connectivity index (χ1n) is 9.10. The number of nitrogens with one attached hydrogen (secondary N) is 2. The third-order valence-electron chi connectivity index (χ3n) is 4.85. The number of amides is 1. The molecule has 0 aliphatic heterocycles. The normalized spacial score (nSPS) is 17.4. The van der Waals surface area contributed by atoms with E-state index in [9.17, 15) is 4.79 Å². The van der Waals surface area contributed by atoms with Crippen LogP contribution >= 0.6 is 0 Å². The number of quaternary nitrogens is 1. The number of likely N-dealkylation sites (N-methyl/N-ethyl adjacent to an activating group) is 1. The molecule has 4 heteroatoms. The van der Waals surface area contributed by atoms with Gasteiger partial charge in [0.15, 0.2) is 6.54 Å². The number of hydrogen-bond donors (Lipinski definition) is 2. The molecule has 0 radical (unpaired) electrons. The fraction of sp³-hybridized carbons (Fsp3) is 0.381. The van der Waals surface area contributed by atoms with E-state index in [-0.39, 0.29) is 5.91 Å². The molecule has 1 aliphatic rings. The van der Waals surface area contributed by atoms with Crippen molar-refractivity contribution in [3.8, 4) is 5.75 Å². The molecular formula is C21H27N2O2+. The molecule has 2 atom stereocenters. The van der Waals surface area contributed by atoms with Crippen molar-refractivity contribution in [2.24, 2.45) is 0 Å². The molecule has 25 heavy (non-hydrogen) atoms. The fourth-order valence-corrected chi connectivity index (χ4v) is 3.65. The molecule has 2 N–H and O–H groups in total. The standard InChI is InChI=1S/C21H26N2O2/c1-3-25-18-13-11-17(12-14-18)22-21(24)15-23(2)20-10-6-8-16-7-4-5-9-19(16)20/h4-5,7,9,11-14,20H,3,6,8,10,15H2,1-2H3,(H,22,24)/p+1/t20-/m0/s1. The predicted octanol–water partition coefficient (Wildman–Crippen LogP) is 2.62. The summed E-state index contributed by atoms with van der Waals surface area (Å²) in [6.07, 6.45) is 3.48. The molecule has 0 saturated heterocycles. The summed E-state index contributed by atoms with van der Waals surface area (Å²) in [5.41, 5.74) is 3.65. The number of carbonyl (C=O) groups is 1. The summed E-state index contributed by atoms with van der Waals surface area (Å²) in [5, 5.41) is 2.99. The zero-order valence-corrected chi connectivity index (χ0v) is 15.0. The van der Waals surface area contributed by atoms with Crippen LogP contribution in [-0.2, 0) is 11.2 Å². The van der Waals surface area contributed by atoms with E-state index in [0.29, 0.717) is 19.2 Å². The maximum absolute atomic E-state index is 12.4. The minimum absolute atomic E-state index is 0.0460. The highest BCUT2D eigenvalue weighted by Gasteiger charge is 2.27. The minimum Gasteiger partial charge on any atom is -0.494 e. The Bertz CT molecular complexity index is 712. The number of anilines is 1. The summed E-state index contributed by atoms with van der Waals surface area (Å²) < 4.78 is 5.43. The minimum atomic E-state index is 0.0460. The maximum Gasteiger partial charge on any atom is 0.279 e. The zero-order chi connectivity index (χ0) is 17.6. The Morgan fingerprint density at radius 1 is 1.20 bits per heavy atom. The van der Waals surface area contributed by atoms with Crippen molar-refractivity contribution in [2.45, 2.75) is 32.2 Å². The molecular weight excluding hydrogens is 312 g/mol. The third kappa shape index (κ3) is 4.40. The third-order valence-corrected chi connectivity index (χ3v) is 4.85. The second-order valence-electron chi connectivity index (χ2n) is 6.67. The number of ether oxygens (including phenoxy) is 1. The Labute approximate surface area is 149 Å². The van der Waals surface area contributed by atoms with E-state index >= 15 is 0 Å². The molecule has 0 aromatic heterocycles. The van der Waals surface area contributed by atoms with Gasteiger partial charge in [-0.15, -0.1) is 0 Å². The maximum atomic E-state index is 12.4. The summed E-state index contributed by atoms with van der Waals surface area (Å²) >= 11 is 0. The van der Waals surface area contributed by atoms with Crippen LogP contribution in [0.25, 0.3) is 0 Å². The Morgan fingerprint density at radius 3 is 2.72 bits per heavy atom. The lowest BCUT2D eigenvalue weighted by Crippen LogP contribution is -3.10. The van der Waals surface area contributed by atoms with Crippen molar-refractivity contribution in [1.29, 1.82) is 0 Å². The molecule has 2 aromatic rings. The van der Waals surface area contributed by atoms with E-state index in [0.717, 1.165) is 24.3 Å². The van der Waals surface area contributed by atoms with Gasteiger partial charge in [-0.05, 0) is 49.6 Å². The summed E-state index contributed by atoms with van der Waals surface area (Å²) in [6.45, 7) is 3.06. The second-order valence-corrected chi connectivity index (χ2v) is 6.67. The average molecular weight is 339 g/mol. The van der Waals surface area contributed by atoms with Crippen molar-refractivity contribution in [1.82, 2.24) is 0 Å². The van der Waals surface area contributed by atoms with E-state index in [4.69, 9.17) is 4.74 Å². The molecule has 1 amide bonds. The van der Waals surface area contributed by atoms with Crippen LogP contribution in [0.3, 0.4) is 0 Å². The van der Waals surface area contributed by atoms with Gasteiger partial charge < -0.3 is 15.0 Å². The molecule has 3 rings (SSSR count). The Hall–Kier alpha value is -2.33. The molecule has 1 unspecified atom stereocenters. The van der Waals surface area contributed by atoms with Gasteiger partial charge in [0.05, 0.1) is 13.7 Å². The van der Waals surface area contributed by atoms with Gasteiger partial charge in [-0.3, -0.25) is 4.79 Å². The lowest BCUT2D eigenvalue weighted by atomic mass is 9.87. The first kappa shape index (κ1) is 17.5. The van der Waals surface area contributed by atoms with Crippen LogP contribution in [0.4, 0.5) is 5.69 Å². The van der Waals surface area contributed by atoms with Gasteiger partial charge in [-0.2, -0.15) is 0 Å². The zero-order valence-electron chi connectivity index (χ0n) is 15.0. The molecule has 0 bridgehead atoms. The Kier molecular flexibility index (Phi) is 5.71. The van der Waals surface area contributed by atoms with E-state index in [1.165, 1.54) is 22.4 Å². The van der Waals surface area contributed by atoms with Gasteiger partial charge in [-0.25, -0.2) is 0 Å². The fourth-order valence-electron chi connectivity index (χ4n) is 3.65. The van der Waals surface area contributed by atoms with Crippen LogP contribution in [0.15, 0.2) is 48.5 Å². The number of aryl methyl sites for hydroxylation is 1. The summed E-state index contributed by atoms with van der Waals surface area (Å²) in [4.78, 5) is 13.7. The number of benzene rings is 2. The number of fused-ring (bicyclic) bond motifs is 1. The Morgan fingerprint density at radius 2 is 1.96 bits per heavy atom.